The van der Waals surface area contributed by atoms with Gasteiger partial charge in [0.2, 0.25) is 11.8 Å². The lowest BCUT2D eigenvalue weighted by atomic mass is 9.93. The molecule has 10 heteroatoms. The Morgan fingerprint density at radius 1 is 0.789 bits per heavy atom. The molecule has 0 aliphatic heterocycles. The molecule has 0 heterocycles. The van der Waals surface area contributed by atoms with Gasteiger partial charge in [0.1, 0.15) is 6.04 Å². The summed E-state index contributed by atoms with van der Waals surface area (Å²) in [6.45, 7) is 3.75. The van der Waals surface area contributed by atoms with Crippen LogP contribution in [0, 0.1) is 5.92 Å². The minimum Gasteiger partial charge on any atom is -0.478 e. The Labute approximate surface area is 219 Å². The van der Waals surface area contributed by atoms with Crippen LogP contribution in [0.5, 0.6) is 0 Å². The summed E-state index contributed by atoms with van der Waals surface area (Å²) >= 11 is 0. The van der Waals surface area contributed by atoms with Crippen molar-refractivity contribution in [2.24, 2.45) is 17.4 Å². The Kier molecular flexibility index (Phi) is 8.59. The quantitative estimate of drug-likeness (QED) is 0.276. The summed E-state index contributed by atoms with van der Waals surface area (Å²) in [6, 6.07) is 15.6. The zero-order chi connectivity index (χ0) is 28.0. The van der Waals surface area contributed by atoms with Crippen LogP contribution in [-0.4, -0.2) is 40.7 Å². The lowest BCUT2D eigenvalue weighted by Gasteiger charge is -2.18. The van der Waals surface area contributed by atoms with Gasteiger partial charge < -0.3 is 27.2 Å². The van der Waals surface area contributed by atoms with E-state index in [1.54, 1.807) is 30.3 Å². The highest BCUT2D eigenvalue weighted by Crippen LogP contribution is 2.29. The second-order valence-corrected chi connectivity index (χ2v) is 9.07. The Morgan fingerprint density at radius 3 is 2.11 bits per heavy atom. The van der Waals surface area contributed by atoms with Crippen LogP contribution in [0.2, 0.25) is 0 Å². The molecule has 0 saturated heterocycles. The van der Waals surface area contributed by atoms with Crippen LogP contribution in [-0.2, 0) is 4.79 Å². The minimum absolute atomic E-state index is 0.0198. The third kappa shape index (κ3) is 6.61. The summed E-state index contributed by atoms with van der Waals surface area (Å²) in [5.41, 5.74) is 11.8. The highest BCUT2D eigenvalue weighted by Gasteiger charge is 2.23. The second-order valence-electron chi connectivity index (χ2n) is 9.07. The number of hydrogen-bond donors (Lipinski definition) is 5. The van der Waals surface area contributed by atoms with Crippen molar-refractivity contribution in [3.05, 3.63) is 89.0 Å². The van der Waals surface area contributed by atoms with Crippen molar-refractivity contribution in [2.45, 2.75) is 26.3 Å². The van der Waals surface area contributed by atoms with Gasteiger partial charge in [0.25, 0.3) is 11.8 Å². The number of nitrogens with one attached hydrogen (secondary N) is 2. The van der Waals surface area contributed by atoms with E-state index in [9.17, 15) is 29.1 Å². The fourth-order valence-corrected chi connectivity index (χ4v) is 3.92. The minimum atomic E-state index is -1.31. The number of aromatic carboxylic acids is 1. The molecule has 0 aliphatic rings. The highest BCUT2D eigenvalue weighted by atomic mass is 16.4. The molecule has 4 amide bonds. The first-order valence-corrected chi connectivity index (χ1v) is 11.8. The normalized spacial score (nSPS) is 11.4. The average molecular weight is 517 g/mol. The molecule has 3 aromatic rings. The number of primary amides is 2. The first-order chi connectivity index (χ1) is 18.0. The van der Waals surface area contributed by atoms with Crippen LogP contribution >= 0.6 is 0 Å². The Morgan fingerprint density at radius 2 is 1.47 bits per heavy atom. The molecule has 3 rings (SSSR count). The molecule has 0 spiro atoms. The molecule has 0 saturated carbocycles. The maximum Gasteiger partial charge on any atom is 0.336 e. The molecule has 0 bridgehead atoms. The largest absolute Gasteiger partial charge is 0.478 e. The molecule has 0 unspecified atom stereocenters. The topological polar surface area (TPSA) is 182 Å². The number of carboxylic acids is 1. The zero-order valence-electron chi connectivity index (χ0n) is 20.9. The van der Waals surface area contributed by atoms with Crippen LogP contribution < -0.4 is 22.1 Å². The molecule has 0 fully saturated rings. The molecule has 38 heavy (non-hydrogen) atoms. The Balaban J connectivity index is 1.96. The van der Waals surface area contributed by atoms with E-state index in [1.807, 2.05) is 13.8 Å². The molecule has 1 atom stereocenters. The van der Waals surface area contributed by atoms with Crippen molar-refractivity contribution in [1.82, 2.24) is 5.32 Å². The van der Waals surface area contributed by atoms with E-state index in [4.69, 9.17) is 11.5 Å². The van der Waals surface area contributed by atoms with Crippen molar-refractivity contribution in [3.63, 3.8) is 0 Å². The summed E-state index contributed by atoms with van der Waals surface area (Å²) in [4.78, 5) is 61.3. The number of carboxylic acid groups (broad SMARTS) is 1. The molecule has 0 aliphatic carbocycles. The summed E-state index contributed by atoms with van der Waals surface area (Å²) in [6.07, 6.45) is 0.329. The molecule has 196 valence electrons. The smallest absolute Gasteiger partial charge is 0.336 e. The number of carbonyl (C=O) groups excluding carboxylic acids is 4. The van der Waals surface area contributed by atoms with Crippen LogP contribution in [0.15, 0.2) is 66.7 Å². The molecule has 3 aromatic carbocycles. The van der Waals surface area contributed by atoms with Crippen molar-refractivity contribution >= 4 is 35.3 Å². The van der Waals surface area contributed by atoms with Gasteiger partial charge in [0.05, 0.1) is 5.56 Å². The average Bonchev–Trinajstić information content (AvgIpc) is 2.87. The van der Waals surface area contributed by atoms with E-state index in [2.05, 4.69) is 10.6 Å². The summed E-state index contributed by atoms with van der Waals surface area (Å²) in [5, 5.41) is 15.2. The van der Waals surface area contributed by atoms with Crippen molar-refractivity contribution in [3.8, 4) is 11.1 Å². The number of rotatable bonds is 10. The second kappa shape index (κ2) is 11.8. The van der Waals surface area contributed by atoms with Gasteiger partial charge in [-0.25, -0.2) is 4.79 Å². The SMILES string of the molecule is CC(C)C[C@H](NC(=O)c1ccc(-c2ccccc2C(=O)Nc2cccc(C(N)=O)c2)c(C(=O)O)c1)C(N)=O. The molecule has 0 aromatic heterocycles. The lowest BCUT2D eigenvalue weighted by Crippen LogP contribution is -2.45. The van der Waals surface area contributed by atoms with Gasteiger partial charge in [0, 0.05) is 22.4 Å². The Hall–Kier alpha value is -4.99. The lowest BCUT2D eigenvalue weighted by molar-refractivity contribution is -0.120. The first kappa shape index (κ1) is 27.6. The first-order valence-electron chi connectivity index (χ1n) is 11.8. The standard InChI is InChI=1S/C28H28N4O6/c1-15(2)12-23(25(30)34)32-26(35)17-10-11-20(22(14-17)28(37)38)19-8-3-4-9-21(19)27(36)31-18-7-5-6-16(13-18)24(29)33/h3-11,13-15,23H,12H2,1-2H3,(H2,29,33)(H2,30,34)(H,31,36)(H,32,35)(H,37,38)/t23-/m0/s1. The van der Waals surface area contributed by atoms with E-state index in [0.717, 1.165) is 0 Å². The number of carbonyl (C=O) groups is 5. The molecule has 0 radical (unpaired) electrons. The monoisotopic (exact) mass is 516 g/mol. The van der Waals surface area contributed by atoms with E-state index in [-0.39, 0.29) is 33.7 Å². The fourth-order valence-electron chi connectivity index (χ4n) is 3.92. The number of anilines is 1. The summed E-state index contributed by atoms with van der Waals surface area (Å²) < 4.78 is 0. The molecule has 10 nitrogen and oxygen atoms in total. The number of nitrogens with two attached hydrogens (primary N) is 2. The van der Waals surface area contributed by atoms with Crippen LogP contribution in [0.4, 0.5) is 5.69 Å². The van der Waals surface area contributed by atoms with Gasteiger partial charge in [-0.1, -0.05) is 44.2 Å². The maximum absolute atomic E-state index is 13.1. The summed E-state index contributed by atoms with van der Waals surface area (Å²) in [7, 11) is 0. The molecule has 7 N–H and O–H groups in total. The van der Waals surface area contributed by atoms with E-state index in [0.29, 0.717) is 17.7 Å². The molecular formula is C28H28N4O6. The van der Waals surface area contributed by atoms with Crippen molar-refractivity contribution < 1.29 is 29.1 Å². The molecular weight excluding hydrogens is 488 g/mol. The highest BCUT2D eigenvalue weighted by molar-refractivity contribution is 6.11. The maximum atomic E-state index is 13.1. The van der Waals surface area contributed by atoms with Gasteiger partial charge >= 0.3 is 5.97 Å². The van der Waals surface area contributed by atoms with E-state index >= 15 is 0 Å². The van der Waals surface area contributed by atoms with Crippen LogP contribution in [0.3, 0.4) is 0 Å². The Bertz CT molecular complexity index is 1420. The predicted molar refractivity (Wildman–Crippen MR) is 142 cm³/mol. The number of benzene rings is 3. The third-order valence-corrected chi connectivity index (χ3v) is 5.73. The van der Waals surface area contributed by atoms with Gasteiger partial charge in [-0.3, -0.25) is 19.2 Å². The van der Waals surface area contributed by atoms with Crippen molar-refractivity contribution in [1.29, 1.82) is 0 Å². The van der Waals surface area contributed by atoms with Gasteiger partial charge in [-0.05, 0) is 59.9 Å². The summed E-state index contributed by atoms with van der Waals surface area (Å²) in [5.74, 6) is -3.76. The van der Waals surface area contributed by atoms with Crippen molar-refractivity contribution in [2.75, 3.05) is 5.32 Å². The van der Waals surface area contributed by atoms with E-state index in [1.165, 1.54) is 36.4 Å². The third-order valence-electron chi connectivity index (χ3n) is 5.73. The van der Waals surface area contributed by atoms with Gasteiger partial charge in [-0.2, -0.15) is 0 Å². The van der Waals surface area contributed by atoms with Crippen LogP contribution in [0.25, 0.3) is 11.1 Å². The fraction of sp³-hybridized carbons (Fsp3) is 0.179. The van der Waals surface area contributed by atoms with Gasteiger partial charge in [0.15, 0.2) is 0 Å². The predicted octanol–water partition coefficient (Wildman–Crippen LogP) is 3.03. The number of hydrogen-bond acceptors (Lipinski definition) is 5. The zero-order valence-corrected chi connectivity index (χ0v) is 20.9. The van der Waals surface area contributed by atoms with Gasteiger partial charge in [-0.15, -0.1) is 0 Å². The van der Waals surface area contributed by atoms with Crippen LogP contribution in [0.1, 0.15) is 61.7 Å². The number of amides is 4. The van der Waals surface area contributed by atoms with E-state index < -0.39 is 35.6 Å².